The van der Waals surface area contributed by atoms with Crippen molar-refractivity contribution in [3.63, 3.8) is 0 Å². The van der Waals surface area contributed by atoms with Crippen LogP contribution < -0.4 is 9.46 Å². The van der Waals surface area contributed by atoms with Gasteiger partial charge < -0.3 is 19.8 Å². The minimum Gasteiger partial charge on any atom is -0.496 e. The fraction of sp³-hybridized carbons (Fsp3) is 0.231. The number of carbonyl (C=O) groups excluding carboxylic acids is 1. The van der Waals surface area contributed by atoms with Gasteiger partial charge in [-0.25, -0.2) is 17.9 Å². The number of nitrogens with zero attached hydrogens (tertiary/aromatic N) is 1. The fourth-order valence-electron chi connectivity index (χ4n) is 3.66. The summed E-state index contributed by atoms with van der Waals surface area (Å²) in [6, 6.07) is 21.2. The Morgan fingerprint density at radius 3 is 2.22 bits per heavy atom. The van der Waals surface area contributed by atoms with Gasteiger partial charge in [0, 0.05) is 6.54 Å². The molecule has 3 rings (SSSR count). The van der Waals surface area contributed by atoms with E-state index in [1.54, 1.807) is 36.4 Å². The molecule has 0 saturated carbocycles. The van der Waals surface area contributed by atoms with Gasteiger partial charge >= 0.3 is 6.09 Å². The third-order valence-corrected chi connectivity index (χ3v) is 6.09. The molecule has 0 heterocycles. The third-order valence-electron chi connectivity index (χ3n) is 5.53. The third kappa shape index (κ3) is 7.30. The van der Waals surface area contributed by atoms with E-state index < -0.39 is 28.1 Å². The zero-order valence-corrected chi connectivity index (χ0v) is 20.7. The highest BCUT2D eigenvalue weighted by molar-refractivity contribution is 7.89. The number of ether oxygens (including phenoxy) is 1. The van der Waals surface area contributed by atoms with Crippen molar-refractivity contribution in [1.29, 1.82) is 0 Å². The van der Waals surface area contributed by atoms with E-state index in [1.807, 2.05) is 35.1 Å². The molecule has 0 aromatic heterocycles. The molecule has 0 bridgehead atoms. The number of hydrogen-bond donors (Lipinski definition) is 3. The van der Waals surface area contributed by atoms with Gasteiger partial charge in [-0.15, -0.1) is 0 Å². The zero-order chi connectivity index (χ0) is 26.3. The predicted octanol–water partition coefficient (Wildman–Crippen LogP) is 3.31. The lowest BCUT2D eigenvalue weighted by molar-refractivity contribution is 0.0971. The highest BCUT2D eigenvalue weighted by Gasteiger charge is 2.19. The standard InChI is InChI=1S/C26H28N2O7S/c1-35-24-16-21(12-13-22(24)25(30)27-36(2,33)34)19-10-8-18(9-11-19)14-15-28(26(31)32)17-23(29)20-6-4-3-5-7-20/h3-13,16,23,29H,14-15,17H2,1-2H3,(H,27,30)(H,31,32)/t23-/m0/s1. The van der Waals surface area contributed by atoms with E-state index in [9.17, 15) is 28.2 Å². The van der Waals surface area contributed by atoms with Gasteiger partial charge in [0.2, 0.25) is 10.0 Å². The Bertz CT molecular complexity index is 1310. The van der Waals surface area contributed by atoms with Crippen LogP contribution in [0.1, 0.15) is 27.6 Å². The number of aliphatic hydroxyl groups is 1. The number of rotatable bonds is 10. The van der Waals surface area contributed by atoms with Gasteiger partial charge in [0.05, 0.1) is 31.6 Å². The molecular weight excluding hydrogens is 484 g/mol. The molecule has 0 aliphatic rings. The highest BCUT2D eigenvalue weighted by atomic mass is 32.2. The first kappa shape index (κ1) is 26.7. The molecule has 3 aromatic carbocycles. The van der Waals surface area contributed by atoms with Gasteiger partial charge in [0.1, 0.15) is 5.75 Å². The maximum absolute atomic E-state index is 12.2. The van der Waals surface area contributed by atoms with Crippen molar-refractivity contribution < 1.29 is 33.0 Å². The second-order valence-electron chi connectivity index (χ2n) is 8.22. The van der Waals surface area contributed by atoms with Crippen molar-refractivity contribution in [2.45, 2.75) is 12.5 Å². The number of hydrogen-bond acceptors (Lipinski definition) is 6. The Morgan fingerprint density at radius 2 is 1.64 bits per heavy atom. The minimum absolute atomic E-state index is 0.0313. The Kier molecular flexibility index (Phi) is 8.68. The van der Waals surface area contributed by atoms with Crippen LogP contribution in [0.2, 0.25) is 0 Å². The number of amides is 2. The van der Waals surface area contributed by atoms with E-state index in [0.717, 1.165) is 22.9 Å². The van der Waals surface area contributed by atoms with Gasteiger partial charge in [-0.2, -0.15) is 0 Å². The van der Waals surface area contributed by atoms with Crippen LogP contribution in [0.3, 0.4) is 0 Å². The van der Waals surface area contributed by atoms with Crippen molar-refractivity contribution in [3.8, 4) is 16.9 Å². The molecule has 3 aromatic rings. The van der Waals surface area contributed by atoms with Gasteiger partial charge in [-0.05, 0) is 40.8 Å². The molecule has 9 nitrogen and oxygen atoms in total. The average Bonchev–Trinajstić information content (AvgIpc) is 2.85. The normalized spacial score (nSPS) is 12.0. The lowest BCUT2D eigenvalue weighted by Crippen LogP contribution is -2.35. The van der Waals surface area contributed by atoms with E-state index in [-0.39, 0.29) is 24.4 Å². The van der Waals surface area contributed by atoms with Crippen LogP contribution in [0, 0.1) is 0 Å². The van der Waals surface area contributed by atoms with E-state index in [2.05, 4.69) is 0 Å². The monoisotopic (exact) mass is 512 g/mol. The summed E-state index contributed by atoms with van der Waals surface area (Å²) in [4.78, 5) is 25.1. The van der Waals surface area contributed by atoms with Crippen LogP contribution >= 0.6 is 0 Å². The first-order chi connectivity index (χ1) is 17.1. The number of methoxy groups -OCH3 is 1. The summed E-state index contributed by atoms with van der Waals surface area (Å²) in [6.07, 6.45) is -0.660. The number of carboxylic acid groups (broad SMARTS) is 1. The van der Waals surface area contributed by atoms with Gasteiger partial charge in [-0.3, -0.25) is 4.79 Å². The second-order valence-corrected chi connectivity index (χ2v) is 9.97. The summed E-state index contributed by atoms with van der Waals surface area (Å²) >= 11 is 0. The summed E-state index contributed by atoms with van der Waals surface area (Å²) in [7, 11) is -2.32. The Hall–Kier alpha value is -3.89. The quantitative estimate of drug-likeness (QED) is 0.380. The molecule has 0 saturated heterocycles. The summed E-state index contributed by atoms with van der Waals surface area (Å²) in [5.74, 6) is -0.552. The van der Waals surface area contributed by atoms with Crippen molar-refractivity contribution in [1.82, 2.24) is 9.62 Å². The topological polar surface area (TPSA) is 133 Å². The summed E-state index contributed by atoms with van der Waals surface area (Å²) in [5, 5.41) is 19.9. The van der Waals surface area contributed by atoms with Gasteiger partial charge in [0.15, 0.2) is 0 Å². The molecule has 0 aliphatic carbocycles. The SMILES string of the molecule is COc1cc(-c2ccc(CCN(C[C@H](O)c3ccccc3)C(=O)O)cc2)ccc1C(=O)NS(C)(=O)=O. The molecular formula is C26H28N2O7S. The van der Waals surface area contributed by atoms with E-state index in [0.29, 0.717) is 12.0 Å². The maximum Gasteiger partial charge on any atom is 0.407 e. The largest absolute Gasteiger partial charge is 0.496 e. The van der Waals surface area contributed by atoms with E-state index in [4.69, 9.17) is 4.74 Å². The lowest BCUT2D eigenvalue weighted by Gasteiger charge is -2.22. The van der Waals surface area contributed by atoms with Crippen LogP contribution in [0.15, 0.2) is 72.8 Å². The molecule has 10 heteroatoms. The number of sulfonamides is 1. The summed E-state index contributed by atoms with van der Waals surface area (Å²) in [6.45, 7) is 0.188. The Balaban J connectivity index is 1.67. The number of aliphatic hydroxyl groups excluding tert-OH is 1. The summed E-state index contributed by atoms with van der Waals surface area (Å²) < 4.78 is 29.9. The maximum atomic E-state index is 12.2. The van der Waals surface area contributed by atoms with Gasteiger partial charge in [0.25, 0.3) is 5.91 Å². The van der Waals surface area contributed by atoms with Crippen LogP contribution in [-0.2, 0) is 16.4 Å². The molecule has 3 N–H and O–H groups in total. The molecule has 190 valence electrons. The molecule has 0 aliphatic heterocycles. The van der Waals surface area contributed by atoms with Crippen LogP contribution in [0.5, 0.6) is 5.75 Å². The molecule has 0 unspecified atom stereocenters. The van der Waals surface area contributed by atoms with Crippen molar-refractivity contribution in [2.24, 2.45) is 0 Å². The first-order valence-electron chi connectivity index (χ1n) is 11.1. The van der Waals surface area contributed by atoms with Crippen LogP contribution in [0.25, 0.3) is 11.1 Å². The van der Waals surface area contributed by atoms with E-state index >= 15 is 0 Å². The van der Waals surface area contributed by atoms with Gasteiger partial charge in [-0.1, -0.05) is 60.7 Å². The zero-order valence-electron chi connectivity index (χ0n) is 19.9. The number of carbonyl (C=O) groups is 2. The van der Waals surface area contributed by atoms with Crippen LogP contribution in [-0.4, -0.2) is 62.0 Å². The molecule has 1 atom stereocenters. The first-order valence-corrected chi connectivity index (χ1v) is 13.0. The molecule has 0 spiro atoms. The second kappa shape index (κ2) is 11.7. The van der Waals surface area contributed by atoms with Crippen molar-refractivity contribution >= 4 is 22.0 Å². The number of nitrogens with one attached hydrogen (secondary N) is 1. The minimum atomic E-state index is -3.71. The van der Waals surface area contributed by atoms with Crippen LogP contribution in [0.4, 0.5) is 4.79 Å². The average molecular weight is 513 g/mol. The van der Waals surface area contributed by atoms with Crippen molar-refractivity contribution in [2.75, 3.05) is 26.5 Å². The lowest BCUT2D eigenvalue weighted by atomic mass is 10.0. The smallest absolute Gasteiger partial charge is 0.407 e. The Morgan fingerprint density at radius 1 is 1.00 bits per heavy atom. The molecule has 0 radical (unpaired) electrons. The van der Waals surface area contributed by atoms with E-state index in [1.165, 1.54) is 18.1 Å². The Labute approximate surface area is 210 Å². The van der Waals surface area contributed by atoms with Crippen molar-refractivity contribution in [3.05, 3.63) is 89.5 Å². The molecule has 0 fully saturated rings. The highest BCUT2D eigenvalue weighted by Crippen LogP contribution is 2.28. The number of benzene rings is 3. The molecule has 36 heavy (non-hydrogen) atoms. The summed E-state index contributed by atoms with van der Waals surface area (Å²) in [5.41, 5.74) is 3.25. The predicted molar refractivity (Wildman–Crippen MR) is 135 cm³/mol. The fourth-order valence-corrected chi connectivity index (χ4v) is 4.11. The molecule has 2 amide bonds.